The molecule has 1 fully saturated rings. The fourth-order valence-corrected chi connectivity index (χ4v) is 5.40. The molecule has 9 heteroatoms. The van der Waals surface area contributed by atoms with Gasteiger partial charge in [0.1, 0.15) is 6.04 Å². The molecule has 1 aliphatic rings. The normalized spacial score (nSPS) is 19.8. The minimum atomic E-state index is -4.05. The second kappa shape index (κ2) is 9.62. The summed E-state index contributed by atoms with van der Waals surface area (Å²) in [5, 5.41) is 12.9. The topological polar surface area (TPSA) is 113 Å². The van der Waals surface area contributed by atoms with Gasteiger partial charge >= 0.3 is 5.97 Å². The Bertz CT molecular complexity index is 1180. The van der Waals surface area contributed by atoms with E-state index in [-0.39, 0.29) is 17.9 Å². The van der Waals surface area contributed by atoms with Crippen molar-refractivity contribution in [3.8, 4) is 0 Å². The number of nitrogens with zero attached hydrogens (tertiary/aromatic N) is 1. The Balaban J connectivity index is 1.75. The number of sulfonamides is 1. The molecule has 33 heavy (non-hydrogen) atoms. The lowest BCUT2D eigenvalue weighted by Crippen LogP contribution is -2.43. The second-order valence-electron chi connectivity index (χ2n) is 8.61. The van der Waals surface area contributed by atoms with Crippen molar-refractivity contribution in [2.24, 2.45) is 0 Å². The minimum Gasteiger partial charge on any atom is -0.451 e. The van der Waals surface area contributed by atoms with Crippen molar-refractivity contribution in [1.82, 2.24) is 4.31 Å². The Morgan fingerprint density at radius 2 is 1.73 bits per heavy atom. The highest BCUT2D eigenvalue weighted by Crippen LogP contribution is 2.28. The summed E-state index contributed by atoms with van der Waals surface area (Å²) in [6.07, 6.45) is -2.27. The molecule has 3 atom stereocenters. The molecular weight excluding hydrogens is 444 g/mol. The van der Waals surface area contributed by atoms with E-state index in [9.17, 15) is 23.1 Å². The number of esters is 1. The highest BCUT2D eigenvalue weighted by atomic mass is 32.2. The fourth-order valence-electron chi connectivity index (χ4n) is 3.69. The van der Waals surface area contributed by atoms with Crippen molar-refractivity contribution < 1.29 is 27.9 Å². The van der Waals surface area contributed by atoms with E-state index in [1.807, 2.05) is 39.0 Å². The Kier molecular flexibility index (Phi) is 7.26. The molecule has 1 amide bonds. The van der Waals surface area contributed by atoms with E-state index in [2.05, 4.69) is 5.32 Å². The van der Waals surface area contributed by atoms with Gasteiger partial charge in [-0.25, -0.2) is 8.42 Å². The summed E-state index contributed by atoms with van der Waals surface area (Å²) in [5.74, 6) is -1.40. The summed E-state index contributed by atoms with van der Waals surface area (Å²) in [7, 11) is -4.05. The van der Waals surface area contributed by atoms with Gasteiger partial charge in [-0.05, 0) is 75.1 Å². The molecule has 178 valence electrons. The van der Waals surface area contributed by atoms with E-state index in [1.165, 1.54) is 19.1 Å². The first-order chi connectivity index (χ1) is 15.4. The Morgan fingerprint density at radius 1 is 1.06 bits per heavy atom. The molecular formula is C24H30N2O6S. The third-order valence-electron chi connectivity index (χ3n) is 5.90. The van der Waals surface area contributed by atoms with Gasteiger partial charge in [0.05, 0.1) is 11.0 Å². The number of carbonyl (C=O) groups excluding carboxylic acids is 2. The number of ether oxygens (including phenoxy) is 1. The first kappa shape index (κ1) is 24.9. The van der Waals surface area contributed by atoms with Crippen molar-refractivity contribution in [2.75, 3.05) is 11.9 Å². The van der Waals surface area contributed by atoms with Crippen LogP contribution in [0.5, 0.6) is 0 Å². The van der Waals surface area contributed by atoms with Gasteiger partial charge in [-0.15, -0.1) is 0 Å². The van der Waals surface area contributed by atoms with E-state index in [0.717, 1.165) is 26.6 Å². The predicted octanol–water partition coefficient (Wildman–Crippen LogP) is 2.61. The molecule has 0 radical (unpaired) electrons. The van der Waals surface area contributed by atoms with Gasteiger partial charge in [-0.1, -0.05) is 18.2 Å². The molecule has 0 aliphatic carbocycles. The molecule has 2 aromatic carbocycles. The minimum absolute atomic E-state index is 0.0400. The average molecular weight is 475 g/mol. The molecule has 0 spiro atoms. The lowest BCUT2D eigenvalue weighted by molar-refractivity contribution is -0.156. The number of aryl methyl sites for hydroxylation is 4. The summed E-state index contributed by atoms with van der Waals surface area (Å²) in [6.45, 7) is 8.62. The van der Waals surface area contributed by atoms with Crippen LogP contribution in [0.3, 0.4) is 0 Å². The molecule has 1 aliphatic heterocycles. The van der Waals surface area contributed by atoms with Crippen molar-refractivity contribution in [1.29, 1.82) is 0 Å². The van der Waals surface area contributed by atoms with E-state index in [1.54, 1.807) is 13.0 Å². The van der Waals surface area contributed by atoms with Crippen LogP contribution in [0.25, 0.3) is 0 Å². The highest BCUT2D eigenvalue weighted by molar-refractivity contribution is 7.89. The maximum Gasteiger partial charge on any atom is 0.325 e. The molecule has 1 saturated heterocycles. The second-order valence-corrected chi connectivity index (χ2v) is 10.5. The Labute approximate surface area is 194 Å². The molecule has 1 heterocycles. The monoisotopic (exact) mass is 474 g/mol. The zero-order valence-electron chi connectivity index (χ0n) is 19.5. The third kappa shape index (κ3) is 5.43. The summed E-state index contributed by atoms with van der Waals surface area (Å²) in [6, 6.07) is 9.10. The first-order valence-electron chi connectivity index (χ1n) is 10.8. The zero-order chi connectivity index (χ0) is 24.5. The van der Waals surface area contributed by atoms with Crippen molar-refractivity contribution in [3.05, 3.63) is 58.7 Å². The number of nitrogens with one attached hydrogen (secondary N) is 1. The van der Waals surface area contributed by atoms with Crippen LogP contribution in [-0.2, 0) is 24.3 Å². The largest absolute Gasteiger partial charge is 0.451 e. The van der Waals surface area contributed by atoms with Gasteiger partial charge in [-0.3, -0.25) is 9.59 Å². The van der Waals surface area contributed by atoms with E-state index >= 15 is 0 Å². The van der Waals surface area contributed by atoms with Gasteiger partial charge in [0.15, 0.2) is 6.10 Å². The number of hydrogen-bond acceptors (Lipinski definition) is 6. The lowest BCUT2D eigenvalue weighted by atomic mass is 10.1. The molecule has 0 bridgehead atoms. The van der Waals surface area contributed by atoms with Crippen LogP contribution < -0.4 is 5.32 Å². The quantitative estimate of drug-likeness (QED) is 0.623. The number of hydrogen-bond donors (Lipinski definition) is 2. The summed E-state index contributed by atoms with van der Waals surface area (Å²) >= 11 is 0. The Morgan fingerprint density at radius 3 is 2.39 bits per heavy atom. The molecule has 0 saturated carbocycles. The molecule has 3 rings (SSSR count). The number of benzene rings is 2. The zero-order valence-corrected chi connectivity index (χ0v) is 20.3. The number of carbonyl (C=O) groups is 2. The van der Waals surface area contributed by atoms with E-state index < -0.39 is 40.1 Å². The summed E-state index contributed by atoms with van der Waals surface area (Å²) in [4.78, 5) is 25.5. The number of aliphatic hydroxyl groups excluding tert-OH is 1. The van der Waals surface area contributed by atoms with Crippen LogP contribution in [0.1, 0.15) is 35.6 Å². The van der Waals surface area contributed by atoms with Gasteiger partial charge in [-0.2, -0.15) is 4.31 Å². The van der Waals surface area contributed by atoms with Crippen LogP contribution in [-0.4, -0.2) is 54.5 Å². The van der Waals surface area contributed by atoms with Gasteiger partial charge in [0, 0.05) is 18.7 Å². The standard InChI is InChI=1S/C24H30N2O6S/c1-14-6-7-16(3)21(10-14)25-23(28)18(5)32-24(29)22-12-19(27)13-26(22)33(30,31)20-9-8-15(2)17(4)11-20/h6-11,18-19,22,27H,12-13H2,1-5H3,(H,25,28)/t18?,19?,22-/m0/s1. The molecule has 2 aromatic rings. The van der Waals surface area contributed by atoms with E-state index in [4.69, 9.17) is 4.74 Å². The summed E-state index contributed by atoms with van der Waals surface area (Å²) in [5.41, 5.74) is 4.17. The van der Waals surface area contributed by atoms with Crippen molar-refractivity contribution in [3.63, 3.8) is 0 Å². The van der Waals surface area contributed by atoms with Crippen molar-refractivity contribution >= 4 is 27.6 Å². The van der Waals surface area contributed by atoms with Gasteiger partial charge < -0.3 is 15.2 Å². The SMILES string of the molecule is Cc1ccc(C)c(NC(=O)C(C)OC(=O)[C@@H]2CC(O)CN2S(=O)(=O)c2ccc(C)c(C)c2)c1. The first-order valence-corrected chi connectivity index (χ1v) is 12.2. The molecule has 8 nitrogen and oxygen atoms in total. The average Bonchev–Trinajstić information content (AvgIpc) is 3.15. The van der Waals surface area contributed by atoms with Crippen LogP contribution in [0.15, 0.2) is 41.3 Å². The van der Waals surface area contributed by atoms with Crippen LogP contribution in [0.2, 0.25) is 0 Å². The van der Waals surface area contributed by atoms with Gasteiger partial charge in [0.25, 0.3) is 5.91 Å². The lowest BCUT2D eigenvalue weighted by Gasteiger charge is -2.24. The van der Waals surface area contributed by atoms with Crippen LogP contribution >= 0.6 is 0 Å². The summed E-state index contributed by atoms with van der Waals surface area (Å²) < 4.78 is 32.7. The predicted molar refractivity (Wildman–Crippen MR) is 124 cm³/mol. The number of rotatable bonds is 6. The Hall–Kier alpha value is -2.75. The van der Waals surface area contributed by atoms with Crippen molar-refractivity contribution in [2.45, 2.75) is 64.2 Å². The van der Waals surface area contributed by atoms with Crippen LogP contribution in [0, 0.1) is 27.7 Å². The highest BCUT2D eigenvalue weighted by Gasteiger charge is 2.45. The fraction of sp³-hybridized carbons (Fsp3) is 0.417. The number of amides is 1. The molecule has 0 aromatic heterocycles. The number of anilines is 1. The number of β-amino-alcohol motifs (C(OH)–C–C–N with tert-alkyl or cyclic N) is 1. The molecule has 2 N–H and O–H groups in total. The maximum absolute atomic E-state index is 13.2. The smallest absolute Gasteiger partial charge is 0.325 e. The van der Waals surface area contributed by atoms with E-state index in [0.29, 0.717) is 5.69 Å². The third-order valence-corrected chi connectivity index (χ3v) is 7.77. The number of aliphatic hydroxyl groups is 1. The molecule has 2 unspecified atom stereocenters. The maximum atomic E-state index is 13.2. The van der Waals surface area contributed by atoms with Gasteiger partial charge in [0.2, 0.25) is 10.0 Å². The van der Waals surface area contributed by atoms with Crippen LogP contribution in [0.4, 0.5) is 5.69 Å².